The van der Waals surface area contributed by atoms with Crippen molar-refractivity contribution in [1.29, 1.82) is 0 Å². The van der Waals surface area contributed by atoms with Gasteiger partial charge in [-0.3, -0.25) is 4.79 Å². The van der Waals surface area contributed by atoms with Crippen LogP contribution < -0.4 is 5.32 Å². The van der Waals surface area contributed by atoms with Gasteiger partial charge in [0.2, 0.25) is 5.91 Å². The normalized spacial score (nSPS) is 15.7. The van der Waals surface area contributed by atoms with Crippen molar-refractivity contribution in [3.05, 3.63) is 62.4 Å². The summed E-state index contributed by atoms with van der Waals surface area (Å²) in [6.07, 6.45) is 0. The van der Waals surface area contributed by atoms with Crippen LogP contribution in [0.2, 0.25) is 5.02 Å². The second-order valence-electron chi connectivity index (χ2n) is 6.07. The number of fused-ring (bicyclic) bond motifs is 1. The fraction of sp³-hybridized carbons (Fsp3) is 0.158. The summed E-state index contributed by atoms with van der Waals surface area (Å²) in [4.78, 5) is 28.6. The number of aryl methyl sites for hydroxylation is 1. The van der Waals surface area contributed by atoms with Crippen LogP contribution in [0.5, 0.6) is 0 Å². The third kappa shape index (κ3) is 2.53. The smallest absolute Gasteiger partial charge is 0.340 e. The summed E-state index contributed by atoms with van der Waals surface area (Å²) in [6.45, 7) is 1.80. The SMILES string of the molecule is COC(=O)c1c(C)[nH]c(-c2ccsc2)c1[C@@H]1C(=O)Nc2ccc(Cl)cc21. The van der Waals surface area contributed by atoms with Crippen molar-refractivity contribution in [3.63, 3.8) is 0 Å². The Balaban J connectivity index is 2.01. The number of hydrogen-bond donors (Lipinski definition) is 2. The molecule has 0 bridgehead atoms. The monoisotopic (exact) mass is 386 g/mol. The molecule has 26 heavy (non-hydrogen) atoms. The summed E-state index contributed by atoms with van der Waals surface area (Å²) in [7, 11) is 1.34. The van der Waals surface area contributed by atoms with Crippen molar-refractivity contribution >= 4 is 40.5 Å². The Morgan fingerprint density at radius 1 is 1.31 bits per heavy atom. The Kier molecular flexibility index (Phi) is 4.09. The molecule has 0 aliphatic carbocycles. The number of methoxy groups -OCH3 is 1. The van der Waals surface area contributed by atoms with Gasteiger partial charge in [-0.25, -0.2) is 4.79 Å². The number of anilines is 1. The average Bonchev–Trinajstić information content (AvgIpc) is 3.31. The maximum absolute atomic E-state index is 12.8. The minimum Gasteiger partial charge on any atom is -0.465 e. The molecule has 0 unspecified atom stereocenters. The van der Waals surface area contributed by atoms with E-state index in [-0.39, 0.29) is 5.91 Å². The van der Waals surface area contributed by atoms with Crippen LogP contribution in [0.4, 0.5) is 5.69 Å². The van der Waals surface area contributed by atoms with Crippen LogP contribution in [0, 0.1) is 6.92 Å². The van der Waals surface area contributed by atoms with Gasteiger partial charge in [0.15, 0.2) is 0 Å². The molecule has 7 heteroatoms. The number of hydrogen-bond acceptors (Lipinski definition) is 4. The summed E-state index contributed by atoms with van der Waals surface area (Å²) in [5.41, 5.74) is 4.80. The molecule has 132 valence electrons. The molecule has 2 aromatic heterocycles. The van der Waals surface area contributed by atoms with E-state index in [1.807, 2.05) is 16.8 Å². The highest BCUT2D eigenvalue weighted by atomic mass is 35.5. The van der Waals surface area contributed by atoms with Crippen LogP contribution in [-0.2, 0) is 9.53 Å². The van der Waals surface area contributed by atoms with Crippen LogP contribution >= 0.6 is 22.9 Å². The van der Waals surface area contributed by atoms with Crippen molar-refractivity contribution in [2.24, 2.45) is 0 Å². The number of rotatable bonds is 3. The third-order valence-corrected chi connectivity index (χ3v) is 5.48. The topological polar surface area (TPSA) is 71.2 Å². The van der Waals surface area contributed by atoms with E-state index in [1.165, 1.54) is 7.11 Å². The predicted molar refractivity (Wildman–Crippen MR) is 102 cm³/mol. The molecule has 1 amide bonds. The van der Waals surface area contributed by atoms with E-state index in [9.17, 15) is 9.59 Å². The van der Waals surface area contributed by atoms with Crippen molar-refractivity contribution in [3.8, 4) is 11.3 Å². The molecule has 3 heterocycles. The molecule has 1 aliphatic rings. The number of amides is 1. The van der Waals surface area contributed by atoms with Crippen LogP contribution in [0.3, 0.4) is 0 Å². The molecule has 1 aromatic carbocycles. The van der Waals surface area contributed by atoms with Crippen molar-refractivity contribution in [2.45, 2.75) is 12.8 Å². The van der Waals surface area contributed by atoms with E-state index < -0.39 is 11.9 Å². The highest BCUT2D eigenvalue weighted by Crippen LogP contribution is 2.44. The van der Waals surface area contributed by atoms with Gasteiger partial charge < -0.3 is 15.0 Å². The summed E-state index contributed by atoms with van der Waals surface area (Å²) in [6, 6.07) is 7.22. The summed E-state index contributed by atoms with van der Waals surface area (Å²) < 4.78 is 4.98. The van der Waals surface area contributed by atoms with Crippen LogP contribution in [-0.4, -0.2) is 24.0 Å². The number of aromatic nitrogens is 1. The maximum atomic E-state index is 12.8. The standard InChI is InChI=1S/C19H15ClN2O3S/c1-9-14(19(24)25-2)16(17(21-9)10-5-6-26-8-10)15-12-7-11(20)3-4-13(12)22-18(15)23/h3-8,15,21H,1-2H3,(H,22,23)/t15-/m1/s1. The molecule has 4 rings (SSSR count). The Morgan fingerprint density at radius 3 is 2.81 bits per heavy atom. The van der Waals surface area contributed by atoms with E-state index >= 15 is 0 Å². The number of esters is 1. The molecule has 0 fully saturated rings. The lowest BCUT2D eigenvalue weighted by Crippen LogP contribution is -2.17. The van der Waals surface area contributed by atoms with Gasteiger partial charge in [0, 0.05) is 32.9 Å². The van der Waals surface area contributed by atoms with Crippen LogP contribution in [0.15, 0.2) is 35.0 Å². The molecule has 0 saturated heterocycles. The van der Waals surface area contributed by atoms with Crippen LogP contribution in [0.1, 0.15) is 33.1 Å². The van der Waals surface area contributed by atoms with E-state index in [4.69, 9.17) is 16.3 Å². The Morgan fingerprint density at radius 2 is 2.12 bits per heavy atom. The van der Waals surface area contributed by atoms with E-state index in [1.54, 1.807) is 36.5 Å². The highest BCUT2D eigenvalue weighted by molar-refractivity contribution is 7.08. The first kappa shape index (κ1) is 16.9. The van der Waals surface area contributed by atoms with Gasteiger partial charge in [-0.2, -0.15) is 11.3 Å². The number of carbonyl (C=O) groups is 2. The van der Waals surface area contributed by atoms with Crippen molar-refractivity contribution < 1.29 is 14.3 Å². The van der Waals surface area contributed by atoms with Gasteiger partial charge in [0.1, 0.15) is 0 Å². The van der Waals surface area contributed by atoms with Gasteiger partial charge >= 0.3 is 5.97 Å². The van der Waals surface area contributed by atoms with Crippen molar-refractivity contribution in [2.75, 3.05) is 12.4 Å². The van der Waals surface area contributed by atoms with E-state index in [0.717, 1.165) is 16.8 Å². The molecule has 1 aliphatic heterocycles. The zero-order valence-electron chi connectivity index (χ0n) is 14.1. The number of halogens is 1. The largest absolute Gasteiger partial charge is 0.465 e. The minimum atomic E-state index is -0.641. The average molecular weight is 387 g/mol. The Labute approximate surface area is 159 Å². The molecule has 1 atom stereocenters. The Bertz CT molecular complexity index is 1020. The molecule has 2 N–H and O–H groups in total. The van der Waals surface area contributed by atoms with Gasteiger partial charge in [0.25, 0.3) is 0 Å². The van der Waals surface area contributed by atoms with Crippen molar-refractivity contribution in [1.82, 2.24) is 4.98 Å². The zero-order valence-corrected chi connectivity index (χ0v) is 15.6. The Hall–Kier alpha value is -2.57. The van der Waals surface area contributed by atoms with E-state index in [0.29, 0.717) is 27.5 Å². The van der Waals surface area contributed by atoms with Gasteiger partial charge in [0.05, 0.1) is 24.3 Å². The lowest BCUT2D eigenvalue weighted by atomic mass is 9.88. The molecule has 0 radical (unpaired) electrons. The second-order valence-corrected chi connectivity index (χ2v) is 7.29. The third-order valence-electron chi connectivity index (χ3n) is 4.56. The molecule has 3 aromatic rings. The quantitative estimate of drug-likeness (QED) is 0.647. The fourth-order valence-electron chi connectivity index (χ4n) is 3.45. The zero-order chi connectivity index (χ0) is 18.4. The fourth-order valence-corrected chi connectivity index (χ4v) is 4.28. The molecular formula is C19H15ClN2O3S. The first-order valence-electron chi connectivity index (χ1n) is 7.95. The second kappa shape index (κ2) is 6.30. The lowest BCUT2D eigenvalue weighted by molar-refractivity contribution is -0.116. The minimum absolute atomic E-state index is 0.192. The lowest BCUT2D eigenvalue weighted by Gasteiger charge is -2.13. The van der Waals surface area contributed by atoms with E-state index in [2.05, 4.69) is 10.3 Å². The number of thiophene rings is 1. The number of H-pyrrole nitrogens is 1. The molecule has 0 saturated carbocycles. The van der Waals surface area contributed by atoms with Gasteiger partial charge in [-0.15, -0.1) is 0 Å². The van der Waals surface area contributed by atoms with Gasteiger partial charge in [-0.1, -0.05) is 11.6 Å². The number of aromatic amines is 1. The summed E-state index contributed by atoms with van der Waals surface area (Å²) >= 11 is 7.71. The number of carbonyl (C=O) groups excluding carboxylic acids is 2. The number of nitrogens with one attached hydrogen (secondary N) is 2. The van der Waals surface area contributed by atoms with Gasteiger partial charge in [-0.05, 0) is 42.1 Å². The molecule has 0 spiro atoms. The number of benzene rings is 1. The molecule has 5 nitrogen and oxygen atoms in total. The predicted octanol–water partition coefficient (Wildman–Crippen LogP) is 4.58. The molecular weight excluding hydrogens is 372 g/mol. The number of ether oxygens (including phenoxy) is 1. The first-order chi connectivity index (χ1) is 12.5. The summed E-state index contributed by atoms with van der Waals surface area (Å²) in [5.74, 6) is -1.31. The highest BCUT2D eigenvalue weighted by Gasteiger charge is 2.38. The van der Waals surface area contributed by atoms with Crippen LogP contribution in [0.25, 0.3) is 11.3 Å². The first-order valence-corrected chi connectivity index (χ1v) is 9.27. The summed E-state index contributed by atoms with van der Waals surface area (Å²) in [5, 5.41) is 7.34. The maximum Gasteiger partial charge on any atom is 0.340 e.